The Kier molecular flexibility index (Phi) is 5.76. The zero-order chi connectivity index (χ0) is 20.2. The van der Waals surface area contributed by atoms with Crippen molar-refractivity contribution in [1.29, 1.82) is 0 Å². The first-order chi connectivity index (χ1) is 14.1. The molecule has 1 unspecified atom stereocenters. The number of ketones is 1. The fourth-order valence-corrected chi connectivity index (χ4v) is 3.89. The molecule has 2 aromatic carbocycles. The van der Waals surface area contributed by atoms with Crippen molar-refractivity contribution in [3.63, 3.8) is 0 Å². The first-order valence-corrected chi connectivity index (χ1v) is 10.1. The molecule has 29 heavy (non-hydrogen) atoms. The van der Waals surface area contributed by atoms with E-state index in [-0.39, 0.29) is 11.7 Å². The lowest BCUT2D eigenvalue weighted by molar-refractivity contribution is 0.0548. The van der Waals surface area contributed by atoms with Crippen LogP contribution in [0.25, 0.3) is 0 Å². The molecule has 0 bridgehead atoms. The predicted octanol–water partition coefficient (Wildman–Crippen LogP) is 4.46. The zero-order valence-electron chi connectivity index (χ0n) is 16.0. The van der Waals surface area contributed by atoms with Crippen molar-refractivity contribution < 1.29 is 9.59 Å². The maximum Gasteiger partial charge on any atom is 0.254 e. The van der Waals surface area contributed by atoms with Crippen molar-refractivity contribution in [3.8, 4) is 0 Å². The SMILES string of the molecule is O=C(c1ccc(Cn2ccnc2)cc1)C1CCCCN1C(=O)c1ccc(Cl)cc1. The van der Waals surface area contributed by atoms with Crippen molar-refractivity contribution in [2.75, 3.05) is 6.54 Å². The van der Waals surface area contributed by atoms with Gasteiger partial charge in [-0.3, -0.25) is 9.59 Å². The molecule has 6 heteroatoms. The molecule has 1 atom stereocenters. The smallest absolute Gasteiger partial charge is 0.254 e. The van der Waals surface area contributed by atoms with Gasteiger partial charge in [0.15, 0.2) is 5.78 Å². The number of likely N-dealkylation sites (tertiary alicyclic amines) is 1. The monoisotopic (exact) mass is 407 g/mol. The Hall–Kier alpha value is -2.92. The highest BCUT2D eigenvalue weighted by Crippen LogP contribution is 2.24. The molecule has 1 amide bonds. The largest absolute Gasteiger partial charge is 0.333 e. The van der Waals surface area contributed by atoms with Gasteiger partial charge in [0.2, 0.25) is 0 Å². The van der Waals surface area contributed by atoms with Crippen LogP contribution >= 0.6 is 11.6 Å². The molecular weight excluding hydrogens is 386 g/mol. The quantitative estimate of drug-likeness (QED) is 0.586. The van der Waals surface area contributed by atoms with Crippen LogP contribution in [-0.4, -0.2) is 38.7 Å². The molecule has 3 aromatic rings. The van der Waals surface area contributed by atoms with Crippen molar-refractivity contribution in [2.24, 2.45) is 0 Å². The van der Waals surface area contributed by atoms with Gasteiger partial charge in [-0.05, 0) is 49.1 Å². The maximum atomic E-state index is 13.2. The van der Waals surface area contributed by atoms with Crippen LogP contribution in [0.1, 0.15) is 45.5 Å². The lowest BCUT2D eigenvalue weighted by atomic mass is 9.93. The summed E-state index contributed by atoms with van der Waals surface area (Å²) in [6, 6.07) is 14.0. The number of carbonyl (C=O) groups excluding carboxylic acids is 2. The Morgan fingerprint density at radius 2 is 1.72 bits per heavy atom. The van der Waals surface area contributed by atoms with E-state index < -0.39 is 6.04 Å². The minimum absolute atomic E-state index is 0.00111. The molecule has 0 radical (unpaired) electrons. The topological polar surface area (TPSA) is 55.2 Å². The summed E-state index contributed by atoms with van der Waals surface area (Å²) in [6.07, 6.45) is 7.96. The number of aromatic nitrogens is 2. The third kappa shape index (κ3) is 4.40. The molecule has 4 rings (SSSR count). The molecule has 0 saturated carbocycles. The predicted molar refractivity (Wildman–Crippen MR) is 112 cm³/mol. The lowest BCUT2D eigenvalue weighted by Gasteiger charge is -2.35. The van der Waals surface area contributed by atoms with E-state index in [4.69, 9.17) is 11.6 Å². The number of amides is 1. The Labute approximate surface area is 174 Å². The summed E-state index contributed by atoms with van der Waals surface area (Å²) >= 11 is 5.93. The van der Waals surface area contributed by atoms with Gasteiger partial charge in [-0.1, -0.05) is 35.9 Å². The molecule has 1 aliphatic heterocycles. The van der Waals surface area contributed by atoms with Crippen LogP contribution in [0.15, 0.2) is 67.3 Å². The van der Waals surface area contributed by atoms with Gasteiger partial charge < -0.3 is 9.47 Å². The van der Waals surface area contributed by atoms with Gasteiger partial charge in [-0.2, -0.15) is 0 Å². The number of nitrogens with zero attached hydrogens (tertiary/aromatic N) is 3. The number of hydrogen-bond acceptors (Lipinski definition) is 3. The second kappa shape index (κ2) is 8.62. The molecule has 0 spiro atoms. The summed E-state index contributed by atoms with van der Waals surface area (Å²) in [5.74, 6) is -0.113. The standard InChI is InChI=1S/C23H22ClN3O2/c24-20-10-8-19(9-11-20)23(29)27-13-2-1-3-21(27)22(28)18-6-4-17(5-7-18)15-26-14-12-25-16-26/h4-12,14,16,21H,1-3,13,15H2. The molecule has 1 aliphatic rings. The highest BCUT2D eigenvalue weighted by molar-refractivity contribution is 6.30. The Morgan fingerprint density at radius 3 is 2.41 bits per heavy atom. The zero-order valence-corrected chi connectivity index (χ0v) is 16.8. The van der Waals surface area contributed by atoms with E-state index >= 15 is 0 Å². The van der Waals surface area contributed by atoms with Crippen LogP contribution in [0, 0.1) is 0 Å². The Bertz CT molecular complexity index is 982. The van der Waals surface area contributed by atoms with Gasteiger partial charge in [-0.15, -0.1) is 0 Å². The van der Waals surface area contributed by atoms with Gasteiger partial charge in [0, 0.05) is 41.6 Å². The number of piperidine rings is 1. The number of Topliss-reactive ketones (excluding diaryl/α,β-unsaturated/α-hetero) is 1. The van der Waals surface area contributed by atoms with E-state index in [2.05, 4.69) is 4.98 Å². The van der Waals surface area contributed by atoms with Crippen molar-refractivity contribution in [2.45, 2.75) is 31.8 Å². The first kappa shape index (κ1) is 19.4. The minimum atomic E-state index is -0.425. The molecule has 2 heterocycles. The molecule has 1 fully saturated rings. The number of benzene rings is 2. The van der Waals surface area contributed by atoms with Gasteiger partial charge in [-0.25, -0.2) is 4.98 Å². The number of carbonyl (C=O) groups is 2. The second-order valence-electron chi connectivity index (χ2n) is 7.31. The molecule has 148 valence electrons. The van der Waals surface area contributed by atoms with Crippen molar-refractivity contribution >= 4 is 23.3 Å². The van der Waals surface area contributed by atoms with Crippen LogP contribution in [0.5, 0.6) is 0 Å². The molecular formula is C23H22ClN3O2. The summed E-state index contributed by atoms with van der Waals surface area (Å²) in [4.78, 5) is 32.0. The fraction of sp³-hybridized carbons (Fsp3) is 0.261. The van der Waals surface area contributed by atoms with E-state index in [1.165, 1.54) is 0 Å². The lowest BCUT2D eigenvalue weighted by Crippen LogP contribution is -2.48. The van der Waals surface area contributed by atoms with Crippen LogP contribution in [0.2, 0.25) is 5.02 Å². The average Bonchev–Trinajstić information content (AvgIpc) is 3.27. The average molecular weight is 408 g/mol. The molecule has 1 aromatic heterocycles. The normalized spacial score (nSPS) is 16.6. The number of imidazole rings is 1. The summed E-state index contributed by atoms with van der Waals surface area (Å²) in [5.41, 5.74) is 2.29. The Balaban J connectivity index is 1.51. The van der Waals surface area contributed by atoms with E-state index in [1.54, 1.807) is 41.7 Å². The summed E-state index contributed by atoms with van der Waals surface area (Å²) in [6.45, 7) is 1.30. The highest BCUT2D eigenvalue weighted by Gasteiger charge is 2.33. The van der Waals surface area contributed by atoms with Crippen molar-refractivity contribution in [3.05, 3.63) is 89.0 Å². The summed E-state index contributed by atoms with van der Waals surface area (Å²) in [5, 5.41) is 0.587. The van der Waals surface area contributed by atoms with Gasteiger partial charge in [0.05, 0.1) is 12.4 Å². The molecule has 5 nitrogen and oxygen atoms in total. The van der Waals surface area contributed by atoms with Gasteiger partial charge in [0.1, 0.15) is 0 Å². The van der Waals surface area contributed by atoms with Crippen molar-refractivity contribution in [1.82, 2.24) is 14.5 Å². The minimum Gasteiger partial charge on any atom is -0.333 e. The first-order valence-electron chi connectivity index (χ1n) is 9.77. The van der Waals surface area contributed by atoms with Gasteiger partial charge >= 0.3 is 0 Å². The molecule has 1 saturated heterocycles. The maximum absolute atomic E-state index is 13.2. The third-order valence-corrected chi connectivity index (χ3v) is 5.57. The molecule has 0 N–H and O–H groups in total. The number of hydrogen-bond donors (Lipinski definition) is 0. The van der Waals surface area contributed by atoms with E-state index in [0.29, 0.717) is 35.7 Å². The van der Waals surface area contributed by atoms with E-state index in [1.807, 2.05) is 35.0 Å². The Morgan fingerprint density at radius 1 is 1.00 bits per heavy atom. The summed E-state index contributed by atoms with van der Waals surface area (Å²) in [7, 11) is 0. The number of halogens is 1. The fourth-order valence-electron chi connectivity index (χ4n) is 3.76. The van der Waals surface area contributed by atoms with Crippen LogP contribution in [-0.2, 0) is 6.54 Å². The van der Waals surface area contributed by atoms with Crippen LogP contribution < -0.4 is 0 Å². The van der Waals surface area contributed by atoms with Crippen LogP contribution in [0.3, 0.4) is 0 Å². The van der Waals surface area contributed by atoms with Crippen LogP contribution in [0.4, 0.5) is 0 Å². The van der Waals surface area contributed by atoms with Gasteiger partial charge in [0.25, 0.3) is 5.91 Å². The van der Waals surface area contributed by atoms with E-state index in [9.17, 15) is 9.59 Å². The number of rotatable bonds is 5. The third-order valence-electron chi connectivity index (χ3n) is 5.32. The van der Waals surface area contributed by atoms with E-state index in [0.717, 1.165) is 18.4 Å². The second-order valence-corrected chi connectivity index (χ2v) is 7.75. The highest BCUT2D eigenvalue weighted by atomic mass is 35.5. The molecule has 0 aliphatic carbocycles. The summed E-state index contributed by atoms with van der Waals surface area (Å²) < 4.78 is 1.98.